The number of nitrogens with zero attached hydrogens (tertiary/aromatic N) is 3. The lowest BCUT2D eigenvalue weighted by Crippen LogP contribution is -2.41. The summed E-state index contributed by atoms with van der Waals surface area (Å²) in [5.74, 6) is 0. The number of aliphatic hydroxyl groups is 3. The SMILES string of the molecule is C=CC[N+](C)(C)CCO.C=CC[N+](C)(C)CCO.C=CC[N+](C)(C)CCO.O=P([O-])([O-])[O-]. The van der Waals surface area contributed by atoms with Crippen molar-refractivity contribution in [2.75, 3.05) is 101 Å². The zero-order chi connectivity index (χ0) is 26.5. The van der Waals surface area contributed by atoms with Crippen LogP contribution in [0.25, 0.3) is 0 Å². The molecule has 0 saturated carbocycles. The Labute approximate surface area is 195 Å². The van der Waals surface area contributed by atoms with Crippen LogP contribution in [0.5, 0.6) is 0 Å². The van der Waals surface area contributed by atoms with Gasteiger partial charge in [0.05, 0.1) is 81.7 Å². The Kier molecular flexibility index (Phi) is 24.8. The van der Waals surface area contributed by atoms with Gasteiger partial charge in [0, 0.05) is 0 Å². The van der Waals surface area contributed by atoms with Gasteiger partial charge in [-0.3, -0.25) is 0 Å². The highest BCUT2D eigenvalue weighted by molar-refractivity contribution is 7.40. The first-order chi connectivity index (χ1) is 14.4. The molecule has 0 aromatic carbocycles. The third kappa shape index (κ3) is 43.1. The van der Waals surface area contributed by atoms with Crippen molar-refractivity contribution in [1.82, 2.24) is 0 Å². The highest BCUT2D eigenvalue weighted by Gasteiger charge is 2.11. The predicted molar refractivity (Wildman–Crippen MR) is 125 cm³/mol. The number of quaternary nitrogens is 3. The smallest absolute Gasteiger partial charge is 0.102 e. The Morgan fingerprint density at radius 1 is 0.625 bits per heavy atom. The Morgan fingerprint density at radius 3 is 0.875 bits per heavy atom. The lowest BCUT2D eigenvalue weighted by Gasteiger charge is -2.36. The van der Waals surface area contributed by atoms with Crippen molar-refractivity contribution in [2.24, 2.45) is 0 Å². The van der Waals surface area contributed by atoms with E-state index in [9.17, 15) is 0 Å². The van der Waals surface area contributed by atoms with Gasteiger partial charge in [-0.05, 0) is 18.2 Å². The minimum Gasteiger partial charge on any atom is -0.822 e. The van der Waals surface area contributed by atoms with Crippen LogP contribution in [0.1, 0.15) is 0 Å². The van der Waals surface area contributed by atoms with Crippen molar-refractivity contribution < 1.29 is 48.0 Å². The van der Waals surface area contributed by atoms with E-state index < -0.39 is 7.82 Å². The van der Waals surface area contributed by atoms with Crippen molar-refractivity contribution in [3.63, 3.8) is 0 Å². The Balaban J connectivity index is -0.000000167. The Morgan fingerprint density at radius 2 is 0.781 bits per heavy atom. The van der Waals surface area contributed by atoms with E-state index >= 15 is 0 Å². The third-order valence-electron chi connectivity index (χ3n) is 3.99. The lowest BCUT2D eigenvalue weighted by atomic mass is 10.4. The van der Waals surface area contributed by atoms with E-state index in [1.165, 1.54) is 0 Å². The van der Waals surface area contributed by atoms with Crippen molar-refractivity contribution in [2.45, 2.75) is 0 Å². The molecule has 0 saturated heterocycles. The molecule has 194 valence electrons. The molecule has 0 unspecified atom stereocenters. The average Bonchev–Trinajstić information content (AvgIpc) is 2.53. The molecular formula is C21H48N3O7P. The maximum atomic E-state index is 8.58. The fraction of sp³-hybridized carbons (Fsp3) is 0.714. The molecule has 3 N–H and O–H groups in total. The van der Waals surface area contributed by atoms with Crippen LogP contribution in [-0.4, -0.2) is 130 Å². The highest BCUT2D eigenvalue weighted by atomic mass is 31.2. The van der Waals surface area contributed by atoms with Crippen molar-refractivity contribution in [3.8, 4) is 0 Å². The van der Waals surface area contributed by atoms with Crippen molar-refractivity contribution in [1.29, 1.82) is 0 Å². The van der Waals surface area contributed by atoms with Gasteiger partial charge in [-0.2, -0.15) is 7.82 Å². The monoisotopic (exact) mass is 485 g/mol. The summed E-state index contributed by atoms with van der Waals surface area (Å²) in [5.41, 5.74) is 0. The fourth-order valence-corrected chi connectivity index (χ4v) is 2.13. The molecule has 11 heteroatoms. The molecule has 0 radical (unpaired) electrons. The summed E-state index contributed by atoms with van der Waals surface area (Å²) in [4.78, 5) is 25.6. The number of rotatable bonds is 12. The summed E-state index contributed by atoms with van der Waals surface area (Å²) in [7, 11) is 7.02. The van der Waals surface area contributed by atoms with Gasteiger partial charge in [0.15, 0.2) is 0 Å². The molecule has 0 amide bonds. The van der Waals surface area contributed by atoms with Gasteiger partial charge in [0.2, 0.25) is 0 Å². The molecule has 0 atom stereocenters. The van der Waals surface area contributed by atoms with E-state index in [1.807, 2.05) is 18.2 Å². The first-order valence-electron chi connectivity index (χ1n) is 10.2. The van der Waals surface area contributed by atoms with Crippen LogP contribution in [0.15, 0.2) is 38.0 Å². The zero-order valence-corrected chi connectivity index (χ0v) is 21.9. The van der Waals surface area contributed by atoms with Gasteiger partial charge in [0.25, 0.3) is 0 Å². The fourth-order valence-electron chi connectivity index (χ4n) is 2.13. The molecule has 0 bridgehead atoms. The summed E-state index contributed by atoms with van der Waals surface area (Å²) >= 11 is 0. The average molecular weight is 486 g/mol. The van der Waals surface area contributed by atoms with E-state index in [1.54, 1.807) is 0 Å². The maximum absolute atomic E-state index is 8.58. The molecule has 0 aliphatic heterocycles. The summed E-state index contributed by atoms with van der Waals surface area (Å²) in [6, 6.07) is 0. The van der Waals surface area contributed by atoms with Crippen molar-refractivity contribution in [3.05, 3.63) is 38.0 Å². The molecule has 0 heterocycles. The molecule has 0 aromatic heterocycles. The van der Waals surface area contributed by atoms with E-state index in [2.05, 4.69) is 62.0 Å². The first-order valence-corrected chi connectivity index (χ1v) is 11.7. The number of aliphatic hydroxyl groups excluding tert-OH is 3. The van der Waals surface area contributed by atoms with E-state index in [4.69, 9.17) is 34.6 Å². The van der Waals surface area contributed by atoms with Crippen LogP contribution in [0.3, 0.4) is 0 Å². The lowest BCUT2D eigenvalue weighted by molar-refractivity contribution is -0.884. The zero-order valence-electron chi connectivity index (χ0n) is 21.0. The van der Waals surface area contributed by atoms with Gasteiger partial charge < -0.3 is 48.0 Å². The van der Waals surface area contributed by atoms with Gasteiger partial charge in [-0.1, -0.05) is 19.7 Å². The number of phosphoric acid groups is 1. The number of hydrogen-bond acceptors (Lipinski definition) is 7. The standard InChI is InChI=1S/3C7H16NO.H3O4P/c3*1-4-5-8(2,3)6-7-9;1-5(2,3)4/h3*4,9H,1,5-7H2,2-3H3;(H3,1,2,3,4)/q3*+1;/p-3. The van der Waals surface area contributed by atoms with Gasteiger partial charge in [0.1, 0.15) is 19.6 Å². The van der Waals surface area contributed by atoms with Crippen LogP contribution in [0, 0.1) is 0 Å². The van der Waals surface area contributed by atoms with Gasteiger partial charge in [-0.25, -0.2) is 0 Å². The molecule has 32 heavy (non-hydrogen) atoms. The predicted octanol–water partition coefficient (Wildman–Crippen LogP) is -2.10. The van der Waals surface area contributed by atoms with E-state index in [0.717, 1.165) is 52.7 Å². The largest absolute Gasteiger partial charge is 0.822 e. The minimum absolute atomic E-state index is 0.251. The second-order valence-corrected chi connectivity index (χ2v) is 9.90. The van der Waals surface area contributed by atoms with Crippen LogP contribution in [0.4, 0.5) is 0 Å². The molecular weight excluding hydrogens is 437 g/mol. The molecule has 0 aliphatic rings. The van der Waals surface area contributed by atoms with Crippen molar-refractivity contribution >= 4 is 7.82 Å². The van der Waals surface area contributed by atoms with Gasteiger partial charge >= 0.3 is 0 Å². The molecule has 0 spiro atoms. The van der Waals surface area contributed by atoms with E-state index in [0.29, 0.717) is 0 Å². The van der Waals surface area contributed by atoms with Crippen LogP contribution >= 0.6 is 7.82 Å². The molecule has 0 rings (SSSR count). The summed E-state index contributed by atoms with van der Waals surface area (Å²) in [5, 5.41) is 25.7. The topological polar surface area (TPSA) is 147 Å². The van der Waals surface area contributed by atoms with Crippen LogP contribution < -0.4 is 14.7 Å². The summed E-state index contributed by atoms with van der Waals surface area (Å²) in [6.45, 7) is 16.8. The van der Waals surface area contributed by atoms with Crippen LogP contribution in [0.2, 0.25) is 0 Å². The molecule has 0 aliphatic carbocycles. The van der Waals surface area contributed by atoms with Gasteiger partial charge in [-0.15, -0.1) is 0 Å². The third-order valence-corrected chi connectivity index (χ3v) is 3.99. The summed E-state index contributed by atoms with van der Waals surface area (Å²) < 4.78 is 11.0. The van der Waals surface area contributed by atoms with E-state index in [-0.39, 0.29) is 19.8 Å². The number of hydrogen-bond donors (Lipinski definition) is 3. The molecule has 0 fully saturated rings. The van der Waals surface area contributed by atoms with Crippen LogP contribution in [-0.2, 0) is 4.57 Å². The number of likely N-dealkylation sites (N-methyl/N-ethyl adjacent to an activating group) is 3. The minimum atomic E-state index is -5.39. The Hall–Kier alpha value is -0.910. The second-order valence-electron chi connectivity index (χ2n) is 9.01. The highest BCUT2D eigenvalue weighted by Crippen LogP contribution is 2.03. The maximum Gasteiger partial charge on any atom is 0.102 e. The first kappa shape index (κ1) is 38.4. The Bertz CT molecular complexity index is 456. The molecule has 10 nitrogen and oxygen atoms in total. The normalized spacial score (nSPS) is 11.5. The molecule has 0 aromatic rings. The summed E-state index contributed by atoms with van der Waals surface area (Å²) in [6.07, 6.45) is 5.61. The second kappa shape index (κ2) is 20.7. The quantitative estimate of drug-likeness (QED) is 0.163.